The summed E-state index contributed by atoms with van der Waals surface area (Å²) >= 11 is 0. The minimum Gasteiger partial charge on any atom is -0.336 e. The fourth-order valence-electron chi connectivity index (χ4n) is 2.60. The molecule has 0 aliphatic carbocycles. The van der Waals surface area contributed by atoms with Crippen LogP contribution in [0.5, 0.6) is 0 Å². The van der Waals surface area contributed by atoms with Gasteiger partial charge < -0.3 is 4.57 Å². The van der Waals surface area contributed by atoms with Crippen molar-refractivity contribution in [1.82, 2.24) is 14.3 Å². The zero-order valence-corrected chi connectivity index (χ0v) is 14.7. The van der Waals surface area contributed by atoms with E-state index in [9.17, 15) is 17.2 Å². The van der Waals surface area contributed by atoms with Crippen LogP contribution in [0, 0.1) is 11.6 Å². The molecule has 1 N–H and O–H groups in total. The maximum atomic E-state index is 13.2. The Labute approximate surface area is 150 Å². The fraction of sp³-hybridized carbons (Fsp3) is 0.167. The summed E-state index contributed by atoms with van der Waals surface area (Å²) in [7, 11) is -2.02. The summed E-state index contributed by atoms with van der Waals surface area (Å²) in [5.74, 6) is -0.688. The van der Waals surface area contributed by atoms with E-state index >= 15 is 0 Å². The summed E-state index contributed by atoms with van der Waals surface area (Å²) in [4.78, 5) is 4.21. The average Bonchev–Trinajstić information content (AvgIpc) is 3.01. The van der Waals surface area contributed by atoms with Crippen LogP contribution in [0.3, 0.4) is 0 Å². The van der Waals surface area contributed by atoms with E-state index in [1.54, 1.807) is 24.0 Å². The highest BCUT2D eigenvalue weighted by Crippen LogP contribution is 2.22. The van der Waals surface area contributed by atoms with Gasteiger partial charge in [-0.2, -0.15) is 4.72 Å². The molecule has 1 heterocycles. The number of nitrogens with one attached hydrogen (secondary N) is 1. The molecule has 2 aromatic carbocycles. The Morgan fingerprint density at radius 2 is 1.62 bits per heavy atom. The highest BCUT2D eigenvalue weighted by molar-refractivity contribution is 7.88. The van der Waals surface area contributed by atoms with Gasteiger partial charge in [-0.15, -0.1) is 0 Å². The number of sulfonamides is 1. The smallest absolute Gasteiger partial charge is 0.216 e. The van der Waals surface area contributed by atoms with Gasteiger partial charge in [0, 0.05) is 19.4 Å². The monoisotopic (exact) mass is 377 g/mol. The summed E-state index contributed by atoms with van der Waals surface area (Å²) in [6.07, 6.45) is 3.25. The third-order valence-electron chi connectivity index (χ3n) is 3.89. The number of aryl methyl sites for hydroxylation is 1. The van der Waals surface area contributed by atoms with Crippen LogP contribution in [0.25, 0.3) is 0 Å². The second-order valence-corrected chi connectivity index (χ2v) is 7.64. The molecular formula is C18H17F2N3O2S. The van der Waals surface area contributed by atoms with Gasteiger partial charge in [0.25, 0.3) is 0 Å². The zero-order valence-electron chi connectivity index (χ0n) is 13.9. The van der Waals surface area contributed by atoms with E-state index < -0.39 is 27.7 Å². The van der Waals surface area contributed by atoms with Crippen LogP contribution in [0.1, 0.15) is 23.0 Å². The van der Waals surface area contributed by atoms with Gasteiger partial charge in [-0.25, -0.2) is 22.2 Å². The molecule has 0 aliphatic heterocycles. The molecule has 3 aromatic rings. The lowest BCUT2D eigenvalue weighted by molar-refractivity contribution is 0.561. The van der Waals surface area contributed by atoms with E-state index in [0.29, 0.717) is 17.0 Å². The molecule has 1 atom stereocenters. The molecule has 136 valence electrons. The number of nitrogens with zero attached hydrogens (tertiary/aromatic N) is 2. The number of hydrogen-bond donors (Lipinski definition) is 1. The van der Waals surface area contributed by atoms with E-state index in [1.807, 2.05) is 0 Å². The largest absolute Gasteiger partial charge is 0.336 e. The molecule has 0 radical (unpaired) electrons. The summed E-state index contributed by atoms with van der Waals surface area (Å²) in [5, 5.41) is 0. The van der Waals surface area contributed by atoms with Crippen molar-refractivity contribution in [2.24, 2.45) is 7.05 Å². The molecule has 3 rings (SSSR count). The predicted molar refractivity (Wildman–Crippen MR) is 93.6 cm³/mol. The number of benzene rings is 2. The van der Waals surface area contributed by atoms with Crippen molar-refractivity contribution in [2.45, 2.75) is 11.8 Å². The Kier molecular flexibility index (Phi) is 5.15. The molecule has 0 amide bonds. The molecular weight excluding hydrogens is 360 g/mol. The van der Waals surface area contributed by atoms with Gasteiger partial charge in [-0.1, -0.05) is 24.3 Å². The summed E-state index contributed by atoms with van der Waals surface area (Å²) in [6, 6.07) is 10.0. The van der Waals surface area contributed by atoms with Crippen molar-refractivity contribution in [3.05, 3.63) is 89.5 Å². The lowest BCUT2D eigenvalue weighted by Gasteiger charge is -2.19. The van der Waals surface area contributed by atoms with Gasteiger partial charge in [0.2, 0.25) is 10.0 Å². The van der Waals surface area contributed by atoms with Gasteiger partial charge in [0.15, 0.2) is 0 Å². The summed E-state index contributed by atoms with van der Waals surface area (Å²) in [6.45, 7) is 0. The van der Waals surface area contributed by atoms with Gasteiger partial charge in [-0.3, -0.25) is 0 Å². The van der Waals surface area contributed by atoms with Crippen LogP contribution in [0.2, 0.25) is 0 Å². The van der Waals surface area contributed by atoms with Gasteiger partial charge in [0.1, 0.15) is 23.5 Å². The fourth-order valence-corrected chi connectivity index (χ4v) is 3.92. The number of halogens is 2. The zero-order chi connectivity index (χ0) is 18.7. The maximum Gasteiger partial charge on any atom is 0.216 e. The first-order valence-corrected chi connectivity index (χ1v) is 9.46. The molecule has 26 heavy (non-hydrogen) atoms. The SMILES string of the molecule is Cn1ccnc1C(NS(=O)(=O)Cc1ccc(F)cc1)c1ccc(F)cc1. The van der Waals surface area contributed by atoms with Crippen molar-refractivity contribution in [1.29, 1.82) is 0 Å². The maximum absolute atomic E-state index is 13.2. The Morgan fingerprint density at radius 1 is 1.04 bits per heavy atom. The van der Waals surface area contributed by atoms with Crippen LogP contribution in [0.15, 0.2) is 60.9 Å². The Bertz CT molecular complexity index is 984. The summed E-state index contributed by atoms with van der Waals surface area (Å²) in [5.41, 5.74) is 1.01. The average molecular weight is 377 g/mol. The van der Waals surface area contributed by atoms with E-state index in [1.165, 1.54) is 48.5 Å². The molecule has 0 saturated carbocycles. The number of aromatic nitrogens is 2. The van der Waals surface area contributed by atoms with Crippen molar-refractivity contribution < 1.29 is 17.2 Å². The Hall–Kier alpha value is -2.58. The molecule has 1 unspecified atom stereocenters. The predicted octanol–water partition coefficient (Wildman–Crippen LogP) is 2.91. The highest BCUT2D eigenvalue weighted by atomic mass is 32.2. The quantitative estimate of drug-likeness (QED) is 0.718. The molecule has 0 bridgehead atoms. The standard InChI is InChI=1S/C18H17F2N3O2S/c1-23-11-10-21-18(23)17(14-4-8-16(20)9-5-14)22-26(24,25)12-13-2-6-15(19)7-3-13/h2-11,17,22H,12H2,1H3. The first-order valence-electron chi connectivity index (χ1n) is 7.81. The van der Waals surface area contributed by atoms with E-state index in [0.717, 1.165) is 0 Å². The van der Waals surface area contributed by atoms with E-state index in [4.69, 9.17) is 0 Å². The topological polar surface area (TPSA) is 64.0 Å². The molecule has 0 fully saturated rings. The number of rotatable bonds is 6. The lowest BCUT2D eigenvalue weighted by Crippen LogP contribution is -2.32. The van der Waals surface area contributed by atoms with Crippen LogP contribution >= 0.6 is 0 Å². The first-order chi connectivity index (χ1) is 12.3. The van der Waals surface area contributed by atoms with Gasteiger partial charge in [-0.05, 0) is 35.4 Å². The van der Waals surface area contributed by atoms with Crippen molar-refractivity contribution in [3.63, 3.8) is 0 Å². The van der Waals surface area contributed by atoms with E-state index in [-0.39, 0.29) is 5.75 Å². The molecule has 0 spiro atoms. The third kappa shape index (κ3) is 4.33. The van der Waals surface area contributed by atoms with Crippen LogP contribution in [0.4, 0.5) is 8.78 Å². The van der Waals surface area contributed by atoms with Gasteiger partial charge >= 0.3 is 0 Å². The molecule has 8 heteroatoms. The lowest BCUT2D eigenvalue weighted by atomic mass is 10.1. The van der Waals surface area contributed by atoms with Crippen molar-refractivity contribution >= 4 is 10.0 Å². The Balaban J connectivity index is 1.91. The molecule has 5 nitrogen and oxygen atoms in total. The van der Waals surface area contributed by atoms with Crippen molar-refractivity contribution in [3.8, 4) is 0 Å². The van der Waals surface area contributed by atoms with E-state index in [2.05, 4.69) is 9.71 Å². The number of imidazole rings is 1. The minimum atomic E-state index is -3.77. The minimum absolute atomic E-state index is 0.310. The van der Waals surface area contributed by atoms with Crippen LogP contribution in [-0.4, -0.2) is 18.0 Å². The van der Waals surface area contributed by atoms with Gasteiger partial charge in [0.05, 0.1) is 5.75 Å². The third-order valence-corrected chi connectivity index (χ3v) is 5.20. The normalized spacial score (nSPS) is 12.9. The second kappa shape index (κ2) is 7.35. The molecule has 0 aliphatic rings. The summed E-state index contributed by atoms with van der Waals surface area (Å²) < 4.78 is 55.8. The van der Waals surface area contributed by atoms with Crippen LogP contribution < -0.4 is 4.72 Å². The second-order valence-electron chi connectivity index (χ2n) is 5.88. The van der Waals surface area contributed by atoms with Crippen LogP contribution in [-0.2, 0) is 22.8 Å². The highest BCUT2D eigenvalue weighted by Gasteiger charge is 2.24. The molecule has 1 aromatic heterocycles. The van der Waals surface area contributed by atoms with Crippen molar-refractivity contribution in [2.75, 3.05) is 0 Å². The molecule has 0 saturated heterocycles. The number of hydrogen-bond acceptors (Lipinski definition) is 3. The first kappa shape index (κ1) is 18.2. The Morgan fingerprint density at radius 3 is 2.15 bits per heavy atom.